The van der Waals surface area contributed by atoms with Crippen molar-refractivity contribution >= 4 is 17.7 Å². The average Bonchev–Trinajstić information content (AvgIpc) is 2.40. The molecule has 5 heteroatoms. The van der Waals surface area contributed by atoms with Crippen molar-refractivity contribution in [2.75, 3.05) is 18.6 Å². The molecule has 0 bridgehead atoms. The highest BCUT2D eigenvalue weighted by atomic mass is 32.2. The van der Waals surface area contributed by atoms with E-state index in [0.29, 0.717) is 5.75 Å². The van der Waals surface area contributed by atoms with Gasteiger partial charge in [0, 0.05) is 6.04 Å². The molecule has 1 aliphatic rings. The number of carbonyl (C=O) groups is 1. The second kappa shape index (κ2) is 6.00. The summed E-state index contributed by atoms with van der Waals surface area (Å²) in [5.41, 5.74) is 0.271. The zero-order valence-electron chi connectivity index (χ0n) is 10.3. The van der Waals surface area contributed by atoms with Crippen LogP contribution in [-0.4, -0.2) is 35.7 Å². The molecule has 0 aliphatic carbocycles. The van der Waals surface area contributed by atoms with E-state index in [4.69, 9.17) is 4.74 Å². The van der Waals surface area contributed by atoms with Crippen molar-refractivity contribution in [2.24, 2.45) is 0 Å². The first-order chi connectivity index (χ1) is 8.70. The van der Waals surface area contributed by atoms with Crippen molar-refractivity contribution in [3.8, 4) is 11.5 Å². The molecule has 0 radical (unpaired) electrons. The summed E-state index contributed by atoms with van der Waals surface area (Å²) in [4.78, 5) is 12.1. The number of amides is 1. The predicted molar refractivity (Wildman–Crippen MR) is 72.5 cm³/mol. The summed E-state index contributed by atoms with van der Waals surface area (Å²) in [6.07, 6.45) is 1.97. The number of thioether (sulfide) groups is 1. The van der Waals surface area contributed by atoms with Crippen LogP contribution in [0.4, 0.5) is 0 Å². The van der Waals surface area contributed by atoms with E-state index in [0.717, 1.165) is 24.3 Å². The summed E-state index contributed by atoms with van der Waals surface area (Å²) in [6, 6.07) is 4.88. The van der Waals surface area contributed by atoms with Crippen molar-refractivity contribution in [3.05, 3.63) is 23.8 Å². The Hall–Kier alpha value is -1.36. The summed E-state index contributed by atoms with van der Waals surface area (Å²) < 4.78 is 5.06. The Morgan fingerprint density at radius 2 is 2.17 bits per heavy atom. The number of nitrogens with one attached hydrogen (secondary N) is 1. The van der Waals surface area contributed by atoms with Crippen LogP contribution in [-0.2, 0) is 0 Å². The van der Waals surface area contributed by atoms with Gasteiger partial charge < -0.3 is 15.2 Å². The maximum atomic E-state index is 12.1. The summed E-state index contributed by atoms with van der Waals surface area (Å²) in [7, 11) is 1.53. The summed E-state index contributed by atoms with van der Waals surface area (Å²) in [6.45, 7) is 0. The van der Waals surface area contributed by atoms with Gasteiger partial charge in [-0.05, 0) is 42.5 Å². The van der Waals surface area contributed by atoms with Gasteiger partial charge in [-0.1, -0.05) is 0 Å². The second-order valence-electron chi connectivity index (χ2n) is 4.24. The van der Waals surface area contributed by atoms with Gasteiger partial charge in [0.05, 0.1) is 12.7 Å². The minimum Gasteiger partial charge on any atom is -0.507 e. The highest BCUT2D eigenvalue weighted by molar-refractivity contribution is 7.99. The van der Waals surface area contributed by atoms with E-state index in [1.54, 1.807) is 12.1 Å². The highest BCUT2D eigenvalue weighted by Gasteiger charge is 2.19. The molecule has 1 saturated heterocycles. The van der Waals surface area contributed by atoms with E-state index >= 15 is 0 Å². The normalized spacial score (nSPS) is 16.3. The van der Waals surface area contributed by atoms with Crippen molar-refractivity contribution in [1.29, 1.82) is 0 Å². The Morgan fingerprint density at radius 3 is 2.83 bits per heavy atom. The number of phenolic OH excluding ortho intramolecular Hbond substituents is 1. The minimum atomic E-state index is -0.233. The van der Waals surface area contributed by atoms with E-state index in [2.05, 4.69) is 5.32 Å². The maximum absolute atomic E-state index is 12.1. The number of carbonyl (C=O) groups excluding carboxylic acids is 1. The fourth-order valence-electron chi connectivity index (χ4n) is 1.93. The Labute approximate surface area is 111 Å². The van der Waals surface area contributed by atoms with Gasteiger partial charge in [0.1, 0.15) is 11.5 Å². The number of rotatable bonds is 3. The lowest BCUT2D eigenvalue weighted by atomic mass is 10.1. The van der Waals surface area contributed by atoms with Crippen LogP contribution in [0.3, 0.4) is 0 Å². The van der Waals surface area contributed by atoms with E-state index in [9.17, 15) is 9.90 Å². The van der Waals surface area contributed by atoms with Gasteiger partial charge in [-0.3, -0.25) is 4.79 Å². The van der Waals surface area contributed by atoms with E-state index in [-0.39, 0.29) is 23.3 Å². The summed E-state index contributed by atoms with van der Waals surface area (Å²) in [5, 5.41) is 12.7. The number of hydrogen-bond acceptors (Lipinski definition) is 4. The molecule has 98 valence electrons. The zero-order chi connectivity index (χ0) is 13.0. The monoisotopic (exact) mass is 267 g/mol. The Kier molecular flexibility index (Phi) is 4.36. The number of aromatic hydroxyl groups is 1. The Bertz CT molecular complexity index is 430. The van der Waals surface area contributed by atoms with Crippen molar-refractivity contribution in [3.63, 3.8) is 0 Å². The zero-order valence-corrected chi connectivity index (χ0v) is 11.1. The Balaban J connectivity index is 2.07. The molecule has 0 aromatic heterocycles. The van der Waals surface area contributed by atoms with Gasteiger partial charge >= 0.3 is 0 Å². The van der Waals surface area contributed by atoms with E-state index in [1.807, 2.05) is 11.8 Å². The van der Waals surface area contributed by atoms with Gasteiger partial charge in [0.2, 0.25) is 0 Å². The smallest absolute Gasteiger partial charge is 0.255 e. The quantitative estimate of drug-likeness (QED) is 0.879. The SMILES string of the molecule is COc1ccc(O)c(C(=O)NC2CCSCC2)c1. The molecule has 1 fully saturated rings. The van der Waals surface area contributed by atoms with Crippen molar-refractivity contribution in [1.82, 2.24) is 5.32 Å². The number of hydrogen-bond donors (Lipinski definition) is 2. The van der Waals surface area contributed by atoms with Crippen LogP contribution in [0.15, 0.2) is 18.2 Å². The molecule has 1 amide bonds. The molecule has 18 heavy (non-hydrogen) atoms. The van der Waals surface area contributed by atoms with Gasteiger partial charge in [0.25, 0.3) is 5.91 Å². The molecule has 1 heterocycles. The lowest BCUT2D eigenvalue weighted by molar-refractivity contribution is 0.0932. The molecule has 0 unspecified atom stereocenters. The molecule has 1 aromatic rings. The van der Waals surface area contributed by atoms with Gasteiger partial charge in [0.15, 0.2) is 0 Å². The van der Waals surface area contributed by atoms with E-state index < -0.39 is 0 Å². The van der Waals surface area contributed by atoms with Crippen LogP contribution in [0.1, 0.15) is 23.2 Å². The topological polar surface area (TPSA) is 58.6 Å². The lowest BCUT2D eigenvalue weighted by Gasteiger charge is -2.22. The first kappa shape index (κ1) is 13.1. The number of ether oxygens (including phenoxy) is 1. The van der Waals surface area contributed by atoms with Crippen LogP contribution in [0.25, 0.3) is 0 Å². The average molecular weight is 267 g/mol. The third-order valence-corrected chi connectivity index (χ3v) is 4.05. The molecule has 0 saturated carbocycles. The number of methoxy groups -OCH3 is 1. The van der Waals surface area contributed by atoms with Crippen LogP contribution >= 0.6 is 11.8 Å². The molecule has 0 atom stereocenters. The van der Waals surface area contributed by atoms with Gasteiger partial charge in [-0.25, -0.2) is 0 Å². The largest absolute Gasteiger partial charge is 0.507 e. The molecule has 0 spiro atoms. The molecule has 4 nitrogen and oxygen atoms in total. The standard InChI is InChI=1S/C13H17NO3S/c1-17-10-2-3-12(15)11(8-10)13(16)14-9-4-6-18-7-5-9/h2-3,8-9,15H,4-7H2,1H3,(H,14,16). The summed E-state index contributed by atoms with van der Waals surface area (Å²) >= 11 is 1.91. The van der Waals surface area contributed by atoms with Crippen LogP contribution in [0.2, 0.25) is 0 Å². The fraction of sp³-hybridized carbons (Fsp3) is 0.462. The summed E-state index contributed by atoms with van der Waals surface area (Å²) in [5.74, 6) is 2.48. The number of benzene rings is 1. The first-order valence-electron chi connectivity index (χ1n) is 5.96. The molecule has 1 aliphatic heterocycles. The number of phenols is 1. The third-order valence-electron chi connectivity index (χ3n) is 3.00. The van der Waals surface area contributed by atoms with Crippen LogP contribution < -0.4 is 10.1 Å². The Morgan fingerprint density at radius 1 is 1.44 bits per heavy atom. The second-order valence-corrected chi connectivity index (χ2v) is 5.47. The maximum Gasteiger partial charge on any atom is 0.255 e. The van der Waals surface area contributed by atoms with Gasteiger partial charge in [-0.15, -0.1) is 0 Å². The van der Waals surface area contributed by atoms with Crippen molar-refractivity contribution < 1.29 is 14.6 Å². The lowest BCUT2D eigenvalue weighted by Crippen LogP contribution is -2.37. The highest BCUT2D eigenvalue weighted by Crippen LogP contribution is 2.24. The molecule has 1 aromatic carbocycles. The van der Waals surface area contributed by atoms with Crippen molar-refractivity contribution in [2.45, 2.75) is 18.9 Å². The van der Waals surface area contributed by atoms with Crippen LogP contribution in [0, 0.1) is 0 Å². The van der Waals surface area contributed by atoms with Gasteiger partial charge in [-0.2, -0.15) is 11.8 Å². The van der Waals surface area contributed by atoms with E-state index in [1.165, 1.54) is 13.2 Å². The molecule has 2 N–H and O–H groups in total. The first-order valence-corrected chi connectivity index (χ1v) is 7.12. The third kappa shape index (κ3) is 3.10. The molecule has 2 rings (SSSR count). The fourth-order valence-corrected chi connectivity index (χ4v) is 3.04. The predicted octanol–water partition coefficient (Wildman–Crippen LogP) is 2.03. The molecular formula is C13H17NO3S. The molecular weight excluding hydrogens is 250 g/mol. The van der Waals surface area contributed by atoms with Crippen LogP contribution in [0.5, 0.6) is 11.5 Å². The minimum absolute atomic E-state index is 0.0153.